The number of ether oxygens (including phenoxy) is 1. The SMILES string of the molecule is CCOC(=O)CCCSc1nnc(-c2cccnc2)n1-c1ccc(Cl)c(Cl)c1. The van der Waals surface area contributed by atoms with E-state index in [4.69, 9.17) is 27.9 Å². The smallest absolute Gasteiger partial charge is 0.305 e. The Morgan fingerprint density at radius 2 is 2.07 bits per heavy atom. The van der Waals surface area contributed by atoms with Gasteiger partial charge in [-0.25, -0.2) is 0 Å². The number of rotatable bonds is 8. The number of benzene rings is 1. The fourth-order valence-corrected chi connectivity index (χ4v) is 3.70. The minimum Gasteiger partial charge on any atom is -0.466 e. The Kier molecular flexibility index (Phi) is 7.30. The van der Waals surface area contributed by atoms with Crippen LogP contribution in [-0.2, 0) is 9.53 Å². The first-order chi connectivity index (χ1) is 13.6. The third-order valence-corrected chi connectivity index (χ3v) is 5.53. The van der Waals surface area contributed by atoms with Crippen LogP contribution in [0.25, 0.3) is 17.1 Å². The van der Waals surface area contributed by atoms with Crippen LogP contribution in [0.3, 0.4) is 0 Å². The fraction of sp³-hybridized carbons (Fsp3) is 0.263. The molecule has 3 rings (SSSR count). The van der Waals surface area contributed by atoms with E-state index in [1.165, 1.54) is 11.8 Å². The number of carbonyl (C=O) groups excluding carboxylic acids is 1. The molecule has 0 aliphatic heterocycles. The van der Waals surface area contributed by atoms with Gasteiger partial charge in [-0.05, 0) is 43.7 Å². The Labute approximate surface area is 177 Å². The number of nitrogens with zero attached hydrogens (tertiary/aromatic N) is 4. The first-order valence-corrected chi connectivity index (χ1v) is 10.4. The highest BCUT2D eigenvalue weighted by atomic mass is 35.5. The maximum absolute atomic E-state index is 11.5. The zero-order valence-corrected chi connectivity index (χ0v) is 17.5. The Bertz CT molecular complexity index is 950. The van der Waals surface area contributed by atoms with Crippen molar-refractivity contribution in [1.82, 2.24) is 19.7 Å². The molecule has 0 N–H and O–H groups in total. The van der Waals surface area contributed by atoms with E-state index in [0.717, 1.165) is 11.3 Å². The maximum atomic E-state index is 11.5. The molecule has 0 aliphatic rings. The quantitative estimate of drug-likeness (QED) is 0.278. The summed E-state index contributed by atoms with van der Waals surface area (Å²) in [5.74, 6) is 1.16. The van der Waals surface area contributed by atoms with E-state index in [-0.39, 0.29) is 5.97 Å². The molecule has 9 heteroatoms. The zero-order chi connectivity index (χ0) is 19.9. The van der Waals surface area contributed by atoms with Gasteiger partial charge in [0.15, 0.2) is 11.0 Å². The largest absolute Gasteiger partial charge is 0.466 e. The van der Waals surface area contributed by atoms with Gasteiger partial charge in [-0.15, -0.1) is 10.2 Å². The number of esters is 1. The first-order valence-electron chi connectivity index (χ1n) is 8.69. The van der Waals surface area contributed by atoms with Gasteiger partial charge >= 0.3 is 5.97 Å². The van der Waals surface area contributed by atoms with Crippen LogP contribution in [0.4, 0.5) is 0 Å². The molecule has 0 atom stereocenters. The minimum absolute atomic E-state index is 0.190. The Morgan fingerprint density at radius 1 is 1.21 bits per heavy atom. The zero-order valence-electron chi connectivity index (χ0n) is 15.1. The number of thioether (sulfide) groups is 1. The van der Waals surface area contributed by atoms with Crippen molar-refractivity contribution >= 4 is 40.9 Å². The summed E-state index contributed by atoms with van der Waals surface area (Å²) in [7, 11) is 0. The van der Waals surface area contributed by atoms with E-state index in [0.29, 0.717) is 46.2 Å². The summed E-state index contributed by atoms with van der Waals surface area (Å²) >= 11 is 13.8. The van der Waals surface area contributed by atoms with Gasteiger partial charge in [0, 0.05) is 30.1 Å². The lowest BCUT2D eigenvalue weighted by Gasteiger charge is -2.11. The van der Waals surface area contributed by atoms with E-state index in [1.54, 1.807) is 31.5 Å². The number of halogens is 2. The van der Waals surface area contributed by atoms with Crippen LogP contribution in [0.15, 0.2) is 47.9 Å². The molecule has 0 bridgehead atoms. The second-order valence-corrected chi connectivity index (χ2v) is 7.62. The number of carbonyl (C=O) groups is 1. The summed E-state index contributed by atoms with van der Waals surface area (Å²) in [6, 6.07) is 9.13. The monoisotopic (exact) mass is 436 g/mol. The van der Waals surface area contributed by atoms with Gasteiger partial charge < -0.3 is 4.74 Å². The third kappa shape index (κ3) is 5.04. The highest BCUT2D eigenvalue weighted by molar-refractivity contribution is 7.99. The lowest BCUT2D eigenvalue weighted by molar-refractivity contribution is -0.143. The fourth-order valence-electron chi connectivity index (χ4n) is 2.52. The van der Waals surface area contributed by atoms with Crippen LogP contribution in [0.1, 0.15) is 19.8 Å². The second kappa shape index (κ2) is 9.91. The Morgan fingerprint density at radius 3 is 2.79 bits per heavy atom. The first kappa shape index (κ1) is 20.6. The molecule has 28 heavy (non-hydrogen) atoms. The van der Waals surface area contributed by atoms with Crippen molar-refractivity contribution in [3.05, 3.63) is 52.8 Å². The van der Waals surface area contributed by atoms with Crippen LogP contribution < -0.4 is 0 Å². The van der Waals surface area contributed by atoms with Crippen LogP contribution in [0.5, 0.6) is 0 Å². The summed E-state index contributed by atoms with van der Waals surface area (Å²) in [5.41, 5.74) is 1.63. The Hall–Kier alpha value is -2.09. The highest BCUT2D eigenvalue weighted by Gasteiger charge is 2.17. The van der Waals surface area contributed by atoms with Crippen LogP contribution in [-0.4, -0.2) is 38.1 Å². The van der Waals surface area contributed by atoms with Gasteiger partial charge in [0.2, 0.25) is 0 Å². The standard InChI is InChI=1S/C19H18Cl2N4O2S/c1-2-27-17(26)6-4-10-28-19-24-23-18(13-5-3-9-22-12-13)25(19)14-7-8-15(20)16(21)11-14/h3,5,7-9,11-12H,2,4,6,10H2,1H3. The van der Waals surface area contributed by atoms with Crippen molar-refractivity contribution in [2.45, 2.75) is 24.9 Å². The van der Waals surface area contributed by atoms with Crippen LogP contribution in [0.2, 0.25) is 10.0 Å². The van der Waals surface area contributed by atoms with Gasteiger partial charge in [0.1, 0.15) is 0 Å². The molecule has 0 aliphatic carbocycles. The molecule has 0 fully saturated rings. The van der Waals surface area contributed by atoms with Gasteiger partial charge in [0.25, 0.3) is 0 Å². The number of aromatic nitrogens is 4. The van der Waals surface area contributed by atoms with E-state index >= 15 is 0 Å². The van der Waals surface area contributed by atoms with E-state index in [1.807, 2.05) is 22.8 Å². The molecule has 0 unspecified atom stereocenters. The summed E-state index contributed by atoms with van der Waals surface area (Å²) in [6.07, 6.45) is 4.48. The van der Waals surface area contributed by atoms with Gasteiger partial charge in [-0.2, -0.15) is 0 Å². The van der Waals surface area contributed by atoms with E-state index in [9.17, 15) is 4.79 Å². The highest BCUT2D eigenvalue weighted by Crippen LogP contribution is 2.31. The molecule has 0 amide bonds. The molecule has 3 aromatic rings. The molecular formula is C19H18Cl2N4O2S. The molecule has 146 valence electrons. The second-order valence-electron chi connectivity index (χ2n) is 5.74. The number of pyridine rings is 1. The molecule has 0 spiro atoms. The maximum Gasteiger partial charge on any atom is 0.305 e. The molecule has 2 aromatic heterocycles. The lowest BCUT2D eigenvalue weighted by Crippen LogP contribution is -2.04. The van der Waals surface area contributed by atoms with Crippen molar-refractivity contribution < 1.29 is 9.53 Å². The third-order valence-electron chi connectivity index (χ3n) is 3.78. The molecular weight excluding hydrogens is 419 g/mol. The van der Waals surface area contributed by atoms with Gasteiger partial charge in [-0.1, -0.05) is 35.0 Å². The van der Waals surface area contributed by atoms with Crippen LogP contribution in [0, 0.1) is 0 Å². The summed E-state index contributed by atoms with van der Waals surface area (Å²) in [5, 5.41) is 10.3. The normalized spacial score (nSPS) is 10.8. The van der Waals surface area contributed by atoms with Gasteiger partial charge in [0.05, 0.1) is 22.3 Å². The molecule has 1 aromatic carbocycles. The van der Waals surface area contributed by atoms with Crippen molar-refractivity contribution in [1.29, 1.82) is 0 Å². The Balaban J connectivity index is 1.87. The predicted molar refractivity (Wildman–Crippen MR) is 111 cm³/mol. The minimum atomic E-state index is -0.190. The van der Waals surface area contributed by atoms with Gasteiger partial charge in [-0.3, -0.25) is 14.3 Å². The topological polar surface area (TPSA) is 69.9 Å². The average Bonchev–Trinajstić information content (AvgIpc) is 3.12. The molecule has 0 radical (unpaired) electrons. The molecule has 2 heterocycles. The lowest BCUT2D eigenvalue weighted by atomic mass is 10.2. The van der Waals surface area contributed by atoms with Crippen molar-refractivity contribution in [3.8, 4) is 17.1 Å². The average molecular weight is 437 g/mol. The van der Waals surface area contributed by atoms with Crippen molar-refractivity contribution in [3.63, 3.8) is 0 Å². The van der Waals surface area contributed by atoms with Crippen LogP contribution >= 0.6 is 35.0 Å². The number of hydrogen-bond acceptors (Lipinski definition) is 6. The summed E-state index contributed by atoms with van der Waals surface area (Å²) in [4.78, 5) is 15.7. The predicted octanol–water partition coefficient (Wildman–Crippen LogP) is 5.07. The molecule has 6 nitrogen and oxygen atoms in total. The van der Waals surface area contributed by atoms with E-state index < -0.39 is 0 Å². The molecule has 0 saturated carbocycles. The van der Waals surface area contributed by atoms with Crippen molar-refractivity contribution in [2.75, 3.05) is 12.4 Å². The number of hydrogen-bond donors (Lipinski definition) is 0. The van der Waals surface area contributed by atoms with Crippen molar-refractivity contribution in [2.24, 2.45) is 0 Å². The van der Waals surface area contributed by atoms with E-state index in [2.05, 4.69) is 15.2 Å². The molecule has 0 saturated heterocycles. The summed E-state index contributed by atoms with van der Waals surface area (Å²) in [6.45, 7) is 2.19. The summed E-state index contributed by atoms with van der Waals surface area (Å²) < 4.78 is 6.87.